The minimum absolute atomic E-state index is 0.0216. The summed E-state index contributed by atoms with van der Waals surface area (Å²) in [7, 11) is 0. The standard InChI is InChI=1S/C22H28N2O2/c1-20(2)17-10-9-16-18(15-7-5-4-6-8-15)23-24-19(16)21(17,3)11-12-22(20)25-13-14-26-22/h4-8,17H,9-14H2,1-3H3,(H,23,24)/t17-,21-/m0/s1. The average Bonchev–Trinajstić information content (AvgIpc) is 3.29. The number of fused-ring (bicyclic) bond motifs is 3. The van der Waals surface area contributed by atoms with Gasteiger partial charge in [0.15, 0.2) is 5.79 Å². The minimum atomic E-state index is -0.406. The van der Waals surface area contributed by atoms with E-state index in [0.29, 0.717) is 5.92 Å². The zero-order valence-corrected chi connectivity index (χ0v) is 16.0. The first kappa shape index (κ1) is 16.5. The number of ether oxygens (including phenoxy) is 2. The van der Waals surface area contributed by atoms with Crippen LogP contribution in [0.2, 0.25) is 0 Å². The predicted molar refractivity (Wildman–Crippen MR) is 101 cm³/mol. The lowest BCUT2D eigenvalue weighted by atomic mass is 9.49. The fourth-order valence-corrected chi connectivity index (χ4v) is 6.14. The average molecular weight is 352 g/mol. The van der Waals surface area contributed by atoms with Gasteiger partial charge in [0.05, 0.1) is 18.9 Å². The Bertz CT molecular complexity index is 820. The molecule has 5 rings (SSSR count). The van der Waals surface area contributed by atoms with E-state index in [9.17, 15) is 0 Å². The SMILES string of the molecule is CC1(C)[C@@H]2CCc3c(-c4ccccc4)n[nH]c3[C@@]2(C)CCC12OCCO2. The molecule has 1 aromatic heterocycles. The van der Waals surface area contributed by atoms with Crippen LogP contribution >= 0.6 is 0 Å². The first-order valence-corrected chi connectivity index (χ1v) is 9.89. The fourth-order valence-electron chi connectivity index (χ4n) is 6.14. The van der Waals surface area contributed by atoms with Gasteiger partial charge in [-0.25, -0.2) is 0 Å². The summed E-state index contributed by atoms with van der Waals surface area (Å²) in [6, 6.07) is 10.6. The highest BCUT2D eigenvalue weighted by atomic mass is 16.7. The molecule has 3 aliphatic rings. The molecular weight excluding hydrogens is 324 g/mol. The Hall–Kier alpha value is -1.65. The quantitative estimate of drug-likeness (QED) is 0.824. The van der Waals surface area contributed by atoms with Crippen molar-refractivity contribution >= 4 is 0 Å². The molecule has 1 saturated carbocycles. The van der Waals surface area contributed by atoms with Crippen molar-refractivity contribution in [3.8, 4) is 11.3 Å². The third kappa shape index (κ3) is 2.00. The Kier molecular flexibility index (Phi) is 3.45. The molecule has 2 aliphatic carbocycles. The molecule has 2 atom stereocenters. The Morgan fingerprint density at radius 3 is 2.50 bits per heavy atom. The maximum atomic E-state index is 6.21. The molecule has 2 fully saturated rings. The largest absolute Gasteiger partial charge is 0.347 e. The molecular formula is C22H28N2O2. The van der Waals surface area contributed by atoms with Crippen molar-refractivity contribution < 1.29 is 9.47 Å². The number of nitrogens with one attached hydrogen (secondary N) is 1. The van der Waals surface area contributed by atoms with Crippen molar-refractivity contribution in [3.05, 3.63) is 41.6 Å². The van der Waals surface area contributed by atoms with Crippen LogP contribution in [0.1, 0.15) is 51.3 Å². The third-order valence-electron chi connectivity index (χ3n) is 7.52. The number of benzene rings is 1. The molecule has 1 aliphatic heterocycles. The molecule has 0 unspecified atom stereocenters. The van der Waals surface area contributed by atoms with Crippen LogP contribution in [0.25, 0.3) is 11.3 Å². The Morgan fingerprint density at radius 2 is 1.77 bits per heavy atom. The number of hydrogen-bond acceptors (Lipinski definition) is 3. The summed E-state index contributed by atoms with van der Waals surface area (Å²) in [4.78, 5) is 0. The molecule has 0 amide bonds. The molecule has 0 radical (unpaired) electrons. The third-order valence-corrected chi connectivity index (χ3v) is 7.52. The van der Waals surface area contributed by atoms with Gasteiger partial charge in [-0.2, -0.15) is 5.10 Å². The van der Waals surface area contributed by atoms with Gasteiger partial charge in [0.25, 0.3) is 0 Å². The van der Waals surface area contributed by atoms with E-state index in [1.165, 1.54) is 16.8 Å². The van der Waals surface area contributed by atoms with Gasteiger partial charge in [0.2, 0.25) is 0 Å². The zero-order valence-electron chi connectivity index (χ0n) is 16.0. The lowest BCUT2D eigenvalue weighted by molar-refractivity contribution is -0.276. The highest BCUT2D eigenvalue weighted by Gasteiger charge is 2.63. The van der Waals surface area contributed by atoms with Gasteiger partial charge in [0, 0.05) is 34.1 Å². The molecule has 2 heterocycles. The lowest BCUT2D eigenvalue weighted by Gasteiger charge is -2.59. The number of H-pyrrole nitrogens is 1. The highest BCUT2D eigenvalue weighted by molar-refractivity contribution is 5.65. The molecule has 0 bridgehead atoms. The first-order valence-electron chi connectivity index (χ1n) is 9.89. The van der Waals surface area contributed by atoms with Crippen LogP contribution in [0.3, 0.4) is 0 Å². The number of nitrogens with zero attached hydrogens (tertiary/aromatic N) is 1. The summed E-state index contributed by atoms with van der Waals surface area (Å²) in [6.07, 6.45) is 4.25. The molecule has 1 N–H and O–H groups in total. The van der Waals surface area contributed by atoms with E-state index in [1.54, 1.807) is 0 Å². The van der Waals surface area contributed by atoms with E-state index >= 15 is 0 Å². The van der Waals surface area contributed by atoms with Gasteiger partial charge in [-0.15, -0.1) is 0 Å². The van der Waals surface area contributed by atoms with E-state index in [-0.39, 0.29) is 10.8 Å². The Balaban J connectivity index is 1.58. The van der Waals surface area contributed by atoms with Gasteiger partial charge in [-0.1, -0.05) is 51.1 Å². The summed E-state index contributed by atoms with van der Waals surface area (Å²) in [5, 5.41) is 8.20. The van der Waals surface area contributed by atoms with Gasteiger partial charge >= 0.3 is 0 Å². The van der Waals surface area contributed by atoms with Crippen LogP contribution in [0.4, 0.5) is 0 Å². The fraction of sp³-hybridized carbons (Fsp3) is 0.591. The molecule has 1 saturated heterocycles. The molecule has 2 aromatic rings. The smallest absolute Gasteiger partial charge is 0.173 e. The molecule has 26 heavy (non-hydrogen) atoms. The van der Waals surface area contributed by atoms with Gasteiger partial charge in [-0.05, 0) is 25.2 Å². The second kappa shape index (κ2) is 5.43. The number of rotatable bonds is 1. The van der Waals surface area contributed by atoms with E-state index in [1.807, 2.05) is 0 Å². The summed E-state index contributed by atoms with van der Waals surface area (Å²) in [5.41, 5.74) is 5.17. The van der Waals surface area contributed by atoms with Crippen molar-refractivity contribution in [3.63, 3.8) is 0 Å². The highest BCUT2D eigenvalue weighted by Crippen LogP contribution is 2.62. The van der Waals surface area contributed by atoms with Crippen LogP contribution in [0.5, 0.6) is 0 Å². The van der Waals surface area contributed by atoms with Crippen molar-refractivity contribution in [1.29, 1.82) is 0 Å². The van der Waals surface area contributed by atoms with Crippen LogP contribution in [-0.2, 0) is 21.3 Å². The number of hydrogen-bond donors (Lipinski definition) is 1. The Morgan fingerprint density at radius 1 is 1.04 bits per heavy atom. The molecule has 4 heteroatoms. The van der Waals surface area contributed by atoms with Gasteiger partial charge in [0.1, 0.15) is 0 Å². The minimum Gasteiger partial charge on any atom is -0.347 e. The van der Waals surface area contributed by atoms with Crippen LogP contribution in [0.15, 0.2) is 30.3 Å². The van der Waals surface area contributed by atoms with Crippen LogP contribution < -0.4 is 0 Å². The summed E-state index contributed by atoms with van der Waals surface area (Å²) in [5.74, 6) is 0.107. The number of aromatic nitrogens is 2. The van der Waals surface area contributed by atoms with E-state index in [4.69, 9.17) is 14.6 Å². The second-order valence-electron chi connectivity index (χ2n) is 8.97. The van der Waals surface area contributed by atoms with E-state index in [0.717, 1.165) is 44.6 Å². The van der Waals surface area contributed by atoms with Gasteiger partial charge < -0.3 is 9.47 Å². The maximum absolute atomic E-state index is 6.21. The predicted octanol–water partition coefficient (Wildman–Crippen LogP) is 4.46. The molecule has 1 spiro atoms. The molecule has 4 nitrogen and oxygen atoms in total. The molecule has 138 valence electrons. The van der Waals surface area contributed by atoms with Crippen molar-refractivity contribution in [1.82, 2.24) is 10.2 Å². The second-order valence-corrected chi connectivity index (χ2v) is 8.97. The zero-order chi connectivity index (χ0) is 18.0. The Labute approximate surface area is 155 Å². The summed E-state index contributed by atoms with van der Waals surface area (Å²) in [6.45, 7) is 8.56. The van der Waals surface area contributed by atoms with Crippen molar-refractivity contribution in [2.75, 3.05) is 13.2 Å². The summed E-state index contributed by atoms with van der Waals surface area (Å²) >= 11 is 0. The normalized spacial score (nSPS) is 31.6. The topological polar surface area (TPSA) is 47.1 Å². The van der Waals surface area contributed by atoms with E-state index in [2.05, 4.69) is 56.2 Å². The van der Waals surface area contributed by atoms with Gasteiger partial charge in [-0.3, -0.25) is 5.10 Å². The van der Waals surface area contributed by atoms with Crippen molar-refractivity contribution in [2.45, 2.75) is 57.7 Å². The van der Waals surface area contributed by atoms with Crippen molar-refractivity contribution in [2.24, 2.45) is 11.3 Å². The number of aromatic amines is 1. The first-order chi connectivity index (χ1) is 12.5. The monoisotopic (exact) mass is 352 g/mol. The lowest BCUT2D eigenvalue weighted by Crippen LogP contribution is -2.61. The van der Waals surface area contributed by atoms with E-state index < -0.39 is 5.79 Å². The molecule has 1 aromatic carbocycles. The van der Waals surface area contributed by atoms with Crippen LogP contribution in [0, 0.1) is 11.3 Å². The van der Waals surface area contributed by atoms with Crippen LogP contribution in [-0.4, -0.2) is 29.2 Å². The maximum Gasteiger partial charge on any atom is 0.173 e. The summed E-state index contributed by atoms with van der Waals surface area (Å²) < 4.78 is 12.4.